The minimum Gasteiger partial charge on any atom is -0.406 e. The molecule has 0 bridgehead atoms. The van der Waals surface area contributed by atoms with E-state index in [1.165, 1.54) is 6.07 Å². The molecule has 0 atom stereocenters. The molecule has 136 valence electrons. The number of ether oxygens (including phenoxy) is 1. The molecule has 1 N–H and O–H groups in total. The van der Waals surface area contributed by atoms with Crippen molar-refractivity contribution in [3.8, 4) is 34.7 Å². The van der Waals surface area contributed by atoms with E-state index in [4.69, 9.17) is 9.78 Å². The third-order valence-corrected chi connectivity index (χ3v) is 4.02. The quantitative estimate of drug-likeness (QED) is 0.744. The standard InChI is InChI=1S/C18H11F3N4O2/c19-18(20,21)26-14-6-10(9-22)5-13(8-14)17-24-16(25-27-17)12-1-2-15-11(7-12)3-4-23-15/h1-2,5-8,23H,3-4H2. The van der Waals surface area contributed by atoms with Crippen LogP contribution in [0.2, 0.25) is 0 Å². The number of halogens is 3. The van der Waals surface area contributed by atoms with Gasteiger partial charge in [0.25, 0.3) is 5.89 Å². The predicted octanol–water partition coefficient (Wildman–Crippen LogP) is 4.14. The van der Waals surface area contributed by atoms with Crippen LogP contribution >= 0.6 is 0 Å². The van der Waals surface area contributed by atoms with E-state index >= 15 is 0 Å². The van der Waals surface area contributed by atoms with Gasteiger partial charge in [0.15, 0.2) is 0 Å². The first-order valence-corrected chi connectivity index (χ1v) is 7.93. The first-order chi connectivity index (χ1) is 12.9. The molecule has 0 saturated heterocycles. The Hall–Kier alpha value is -3.54. The van der Waals surface area contributed by atoms with Crippen molar-refractivity contribution in [2.45, 2.75) is 12.8 Å². The topological polar surface area (TPSA) is 84.0 Å². The van der Waals surface area contributed by atoms with E-state index in [1.807, 2.05) is 18.2 Å². The summed E-state index contributed by atoms with van der Waals surface area (Å²) in [6.07, 6.45) is -3.99. The highest BCUT2D eigenvalue weighted by Crippen LogP contribution is 2.31. The number of alkyl halides is 3. The Balaban J connectivity index is 1.69. The molecular weight excluding hydrogens is 361 g/mol. The summed E-state index contributed by atoms with van der Waals surface area (Å²) in [5.74, 6) is -0.229. The molecule has 9 heteroatoms. The van der Waals surface area contributed by atoms with Gasteiger partial charge >= 0.3 is 6.36 Å². The summed E-state index contributed by atoms with van der Waals surface area (Å²) >= 11 is 0. The van der Waals surface area contributed by atoms with E-state index in [0.717, 1.165) is 41.9 Å². The zero-order valence-electron chi connectivity index (χ0n) is 13.7. The van der Waals surface area contributed by atoms with Crippen molar-refractivity contribution in [1.82, 2.24) is 10.1 Å². The lowest BCUT2D eigenvalue weighted by atomic mass is 10.1. The Bertz CT molecular complexity index is 1050. The van der Waals surface area contributed by atoms with Gasteiger partial charge in [-0.15, -0.1) is 13.2 Å². The summed E-state index contributed by atoms with van der Waals surface area (Å²) in [7, 11) is 0. The third-order valence-electron chi connectivity index (χ3n) is 4.02. The second kappa shape index (κ2) is 6.32. The lowest BCUT2D eigenvalue weighted by Crippen LogP contribution is -2.17. The highest BCUT2D eigenvalue weighted by atomic mass is 19.4. The summed E-state index contributed by atoms with van der Waals surface area (Å²) in [4.78, 5) is 4.24. The van der Waals surface area contributed by atoms with Gasteiger partial charge in [0.2, 0.25) is 5.82 Å². The lowest BCUT2D eigenvalue weighted by molar-refractivity contribution is -0.274. The minimum atomic E-state index is -4.87. The van der Waals surface area contributed by atoms with Crippen LogP contribution in [0, 0.1) is 11.3 Å². The predicted molar refractivity (Wildman–Crippen MR) is 88.8 cm³/mol. The SMILES string of the molecule is N#Cc1cc(OC(F)(F)F)cc(-c2nc(-c3ccc4c(c3)CCN4)no2)c1. The van der Waals surface area contributed by atoms with Gasteiger partial charge in [0, 0.05) is 23.4 Å². The molecule has 1 aliphatic rings. The average Bonchev–Trinajstić information content (AvgIpc) is 3.28. The Morgan fingerprint density at radius 2 is 2.00 bits per heavy atom. The maximum Gasteiger partial charge on any atom is 0.573 e. The Morgan fingerprint density at radius 1 is 1.15 bits per heavy atom. The molecule has 1 aromatic heterocycles. The van der Waals surface area contributed by atoms with Gasteiger partial charge in [-0.1, -0.05) is 5.16 Å². The van der Waals surface area contributed by atoms with Gasteiger partial charge in [-0.2, -0.15) is 10.2 Å². The fourth-order valence-electron chi connectivity index (χ4n) is 2.88. The molecular formula is C18H11F3N4O2. The molecule has 0 radical (unpaired) electrons. The fourth-order valence-corrected chi connectivity index (χ4v) is 2.88. The third kappa shape index (κ3) is 3.55. The maximum atomic E-state index is 12.5. The molecule has 0 amide bonds. The number of aromatic nitrogens is 2. The van der Waals surface area contributed by atoms with Crippen LogP contribution < -0.4 is 10.1 Å². The number of rotatable bonds is 3. The van der Waals surface area contributed by atoms with Crippen LogP contribution in [-0.2, 0) is 6.42 Å². The smallest absolute Gasteiger partial charge is 0.406 e. The highest BCUT2D eigenvalue weighted by molar-refractivity contribution is 5.67. The van der Waals surface area contributed by atoms with E-state index in [1.54, 1.807) is 6.07 Å². The number of fused-ring (bicyclic) bond motifs is 1. The van der Waals surface area contributed by atoms with Crippen molar-refractivity contribution in [3.63, 3.8) is 0 Å². The van der Waals surface area contributed by atoms with E-state index in [2.05, 4.69) is 20.2 Å². The Kier molecular flexibility index (Phi) is 3.96. The summed E-state index contributed by atoms with van der Waals surface area (Å²) in [6, 6.07) is 10.9. The molecule has 2 heterocycles. The van der Waals surface area contributed by atoms with Crippen LogP contribution in [0.15, 0.2) is 40.9 Å². The average molecular weight is 372 g/mol. The van der Waals surface area contributed by atoms with Gasteiger partial charge in [0.05, 0.1) is 11.6 Å². The molecule has 3 aromatic rings. The minimum absolute atomic E-state index is 0.00671. The normalized spacial score (nSPS) is 13.0. The molecule has 0 fully saturated rings. The summed E-state index contributed by atoms with van der Waals surface area (Å²) in [6.45, 7) is 0.860. The molecule has 1 aliphatic heterocycles. The molecule has 6 nitrogen and oxygen atoms in total. The summed E-state index contributed by atoms with van der Waals surface area (Å²) in [5.41, 5.74) is 3.06. The van der Waals surface area contributed by atoms with E-state index in [-0.39, 0.29) is 17.0 Å². The fraction of sp³-hybridized carbons (Fsp3) is 0.167. The van der Waals surface area contributed by atoms with Crippen LogP contribution in [0.1, 0.15) is 11.1 Å². The number of nitrogens with one attached hydrogen (secondary N) is 1. The van der Waals surface area contributed by atoms with Crippen LogP contribution in [0.25, 0.3) is 22.8 Å². The van der Waals surface area contributed by atoms with E-state index in [9.17, 15) is 13.2 Å². The van der Waals surface area contributed by atoms with E-state index < -0.39 is 12.1 Å². The molecule has 0 unspecified atom stereocenters. The number of benzene rings is 2. The first kappa shape index (κ1) is 16.9. The maximum absolute atomic E-state index is 12.5. The molecule has 27 heavy (non-hydrogen) atoms. The molecule has 2 aromatic carbocycles. The van der Waals surface area contributed by atoms with Gasteiger partial charge in [-0.05, 0) is 48.4 Å². The monoisotopic (exact) mass is 372 g/mol. The van der Waals surface area contributed by atoms with Gasteiger partial charge in [-0.3, -0.25) is 0 Å². The van der Waals surface area contributed by atoms with Crippen molar-refractivity contribution < 1.29 is 22.4 Å². The number of hydrogen-bond donors (Lipinski definition) is 1. The number of hydrogen-bond acceptors (Lipinski definition) is 6. The molecule has 0 spiro atoms. The number of nitrogens with zero attached hydrogens (tertiary/aromatic N) is 3. The summed E-state index contributed by atoms with van der Waals surface area (Å²) < 4.78 is 46.5. The molecule has 4 rings (SSSR count). The highest BCUT2D eigenvalue weighted by Gasteiger charge is 2.31. The van der Waals surface area contributed by atoms with Gasteiger partial charge in [0.1, 0.15) is 5.75 Å². The first-order valence-electron chi connectivity index (χ1n) is 7.93. The van der Waals surface area contributed by atoms with Crippen molar-refractivity contribution in [3.05, 3.63) is 47.5 Å². The van der Waals surface area contributed by atoms with Gasteiger partial charge in [-0.25, -0.2) is 0 Å². The Morgan fingerprint density at radius 3 is 2.78 bits per heavy atom. The van der Waals surface area contributed by atoms with Crippen molar-refractivity contribution in [2.75, 3.05) is 11.9 Å². The van der Waals surface area contributed by atoms with Crippen LogP contribution in [0.5, 0.6) is 5.75 Å². The molecule has 0 aliphatic carbocycles. The Labute approximate surface area is 151 Å². The zero-order valence-corrected chi connectivity index (χ0v) is 13.7. The molecule has 0 saturated carbocycles. The van der Waals surface area contributed by atoms with Crippen LogP contribution in [-0.4, -0.2) is 23.0 Å². The largest absolute Gasteiger partial charge is 0.573 e. The van der Waals surface area contributed by atoms with Crippen molar-refractivity contribution in [2.24, 2.45) is 0 Å². The zero-order chi connectivity index (χ0) is 19.0. The number of nitriles is 1. The van der Waals surface area contributed by atoms with Crippen molar-refractivity contribution >= 4 is 5.69 Å². The second-order valence-corrected chi connectivity index (χ2v) is 5.88. The van der Waals surface area contributed by atoms with Gasteiger partial charge < -0.3 is 14.6 Å². The van der Waals surface area contributed by atoms with Crippen LogP contribution in [0.4, 0.5) is 18.9 Å². The lowest BCUT2D eigenvalue weighted by Gasteiger charge is -2.09. The van der Waals surface area contributed by atoms with Crippen LogP contribution in [0.3, 0.4) is 0 Å². The van der Waals surface area contributed by atoms with E-state index in [0.29, 0.717) is 5.82 Å². The number of anilines is 1. The summed E-state index contributed by atoms with van der Waals surface area (Å²) in [5, 5.41) is 16.2. The van der Waals surface area contributed by atoms with Crippen molar-refractivity contribution in [1.29, 1.82) is 5.26 Å². The second-order valence-electron chi connectivity index (χ2n) is 5.88.